The SMILES string of the molecule is O=C(O)/C=C/c1ccc(C(=O)Nc2ccc(=O)[nH]n2)nc1. The molecule has 8 nitrogen and oxygen atoms in total. The van der Waals surface area contributed by atoms with Gasteiger partial charge in [0, 0.05) is 18.3 Å². The zero-order valence-electron chi connectivity index (χ0n) is 10.6. The van der Waals surface area contributed by atoms with E-state index in [0.717, 1.165) is 6.08 Å². The number of aromatic nitrogens is 3. The molecule has 2 heterocycles. The van der Waals surface area contributed by atoms with Crippen LogP contribution in [-0.4, -0.2) is 32.2 Å². The van der Waals surface area contributed by atoms with E-state index in [1.165, 1.54) is 30.5 Å². The molecule has 0 saturated carbocycles. The zero-order chi connectivity index (χ0) is 15.2. The third-order valence-corrected chi connectivity index (χ3v) is 2.36. The van der Waals surface area contributed by atoms with Crippen molar-refractivity contribution >= 4 is 23.8 Å². The lowest BCUT2D eigenvalue weighted by Crippen LogP contribution is -2.16. The highest BCUT2D eigenvalue weighted by molar-refractivity contribution is 6.02. The second kappa shape index (κ2) is 6.24. The van der Waals surface area contributed by atoms with Gasteiger partial charge in [0.1, 0.15) is 5.69 Å². The number of aliphatic carboxylic acids is 1. The van der Waals surface area contributed by atoms with Gasteiger partial charge < -0.3 is 10.4 Å². The Balaban J connectivity index is 2.07. The van der Waals surface area contributed by atoms with E-state index in [1.807, 2.05) is 0 Å². The molecule has 0 unspecified atom stereocenters. The van der Waals surface area contributed by atoms with E-state index >= 15 is 0 Å². The van der Waals surface area contributed by atoms with E-state index in [-0.39, 0.29) is 17.1 Å². The van der Waals surface area contributed by atoms with Crippen molar-refractivity contribution in [3.05, 3.63) is 58.1 Å². The number of anilines is 1. The Morgan fingerprint density at radius 1 is 1.24 bits per heavy atom. The van der Waals surface area contributed by atoms with Crippen LogP contribution >= 0.6 is 0 Å². The number of H-pyrrole nitrogens is 1. The first-order valence-electron chi connectivity index (χ1n) is 5.79. The first-order valence-corrected chi connectivity index (χ1v) is 5.79. The summed E-state index contributed by atoms with van der Waals surface area (Å²) in [5.41, 5.74) is 0.312. The Bertz CT molecular complexity index is 729. The van der Waals surface area contributed by atoms with Crippen molar-refractivity contribution in [3.8, 4) is 0 Å². The third kappa shape index (κ3) is 4.10. The number of rotatable bonds is 4. The van der Waals surface area contributed by atoms with Gasteiger partial charge >= 0.3 is 5.97 Å². The van der Waals surface area contributed by atoms with Crippen LogP contribution in [0.15, 0.2) is 41.3 Å². The minimum absolute atomic E-state index is 0.135. The maximum atomic E-state index is 11.9. The maximum Gasteiger partial charge on any atom is 0.328 e. The van der Waals surface area contributed by atoms with Crippen molar-refractivity contribution in [1.82, 2.24) is 15.2 Å². The van der Waals surface area contributed by atoms with Gasteiger partial charge in [-0.05, 0) is 23.8 Å². The standard InChI is InChI=1S/C13H10N4O4/c18-11-5-4-10(16-17-11)15-13(21)9-3-1-8(7-14-9)2-6-12(19)20/h1-7H,(H,17,18)(H,19,20)(H,15,16,21)/b6-2+. The predicted molar refractivity (Wildman–Crippen MR) is 73.7 cm³/mol. The fraction of sp³-hybridized carbons (Fsp3) is 0. The van der Waals surface area contributed by atoms with Gasteiger partial charge in [0.05, 0.1) is 0 Å². The minimum atomic E-state index is -1.07. The Morgan fingerprint density at radius 2 is 2.05 bits per heavy atom. The zero-order valence-corrected chi connectivity index (χ0v) is 10.6. The van der Waals surface area contributed by atoms with E-state index in [0.29, 0.717) is 5.56 Å². The molecule has 0 fully saturated rings. The van der Waals surface area contributed by atoms with Crippen molar-refractivity contribution in [2.24, 2.45) is 0 Å². The number of carboxylic acids is 1. The summed E-state index contributed by atoms with van der Waals surface area (Å²) in [6.45, 7) is 0. The molecule has 2 aromatic heterocycles. The first-order chi connectivity index (χ1) is 10.0. The molecule has 1 amide bonds. The molecule has 2 aromatic rings. The molecule has 0 aliphatic rings. The first kappa shape index (κ1) is 14.1. The molecule has 0 spiro atoms. The lowest BCUT2D eigenvalue weighted by Gasteiger charge is -2.03. The molecule has 8 heteroatoms. The Kier molecular flexibility index (Phi) is 4.20. The van der Waals surface area contributed by atoms with Gasteiger partial charge in [-0.25, -0.2) is 9.89 Å². The molecule has 106 valence electrons. The van der Waals surface area contributed by atoms with Crippen molar-refractivity contribution in [2.45, 2.75) is 0 Å². The molecule has 0 aromatic carbocycles. The second-order valence-electron chi connectivity index (χ2n) is 3.91. The van der Waals surface area contributed by atoms with Gasteiger partial charge in [0.25, 0.3) is 11.5 Å². The number of carbonyl (C=O) groups is 2. The van der Waals surface area contributed by atoms with Crippen LogP contribution in [0.25, 0.3) is 6.08 Å². The van der Waals surface area contributed by atoms with E-state index in [4.69, 9.17) is 5.11 Å². The maximum absolute atomic E-state index is 11.9. The molecule has 2 rings (SSSR count). The number of nitrogens with zero attached hydrogens (tertiary/aromatic N) is 2. The molecular formula is C13H10N4O4. The molecule has 0 saturated heterocycles. The highest BCUT2D eigenvalue weighted by Gasteiger charge is 2.08. The second-order valence-corrected chi connectivity index (χ2v) is 3.91. The summed E-state index contributed by atoms with van der Waals surface area (Å²) in [5, 5.41) is 16.8. The largest absolute Gasteiger partial charge is 0.478 e. The van der Waals surface area contributed by atoms with Gasteiger partial charge in [-0.2, -0.15) is 5.10 Å². The Morgan fingerprint density at radius 3 is 2.62 bits per heavy atom. The van der Waals surface area contributed by atoms with E-state index in [9.17, 15) is 14.4 Å². The predicted octanol–water partition coefficient (Wildman–Crippen LogP) is 0.515. The van der Waals surface area contributed by atoms with Crippen LogP contribution in [0.5, 0.6) is 0 Å². The Hall–Kier alpha value is -3.29. The summed E-state index contributed by atoms with van der Waals surface area (Å²) in [4.78, 5) is 37.0. The summed E-state index contributed by atoms with van der Waals surface area (Å²) >= 11 is 0. The lowest BCUT2D eigenvalue weighted by atomic mass is 10.2. The van der Waals surface area contributed by atoms with E-state index in [2.05, 4.69) is 20.5 Å². The quantitative estimate of drug-likeness (QED) is 0.703. The molecule has 21 heavy (non-hydrogen) atoms. The van der Waals surface area contributed by atoms with Crippen molar-refractivity contribution in [2.75, 3.05) is 5.32 Å². The van der Waals surface area contributed by atoms with Crippen molar-refractivity contribution in [3.63, 3.8) is 0 Å². The van der Waals surface area contributed by atoms with Gasteiger partial charge in [0.15, 0.2) is 5.82 Å². The van der Waals surface area contributed by atoms with E-state index in [1.54, 1.807) is 6.07 Å². The average Bonchev–Trinajstić information content (AvgIpc) is 2.48. The fourth-order valence-electron chi connectivity index (χ4n) is 1.40. The number of aromatic amines is 1. The van der Waals surface area contributed by atoms with Crippen LogP contribution in [0.3, 0.4) is 0 Å². The number of pyridine rings is 1. The van der Waals surface area contributed by atoms with Crippen LogP contribution in [0.4, 0.5) is 5.82 Å². The van der Waals surface area contributed by atoms with E-state index < -0.39 is 11.9 Å². The molecular weight excluding hydrogens is 276 g/mol. The number of carbonyl (C=O) groups excluding carboxylic acids is 1. The molecule has 0 aliphatic carbocycles. The van der Waals surface area contributed by atoms with Crippen LogP contribution in [0, 0.1) is 0 Å². The summed E-state index contributed by atoms with van der Waals surface area (Å²) in [5.74, 6) is -1.37. The fourth-order valence-corrected chi connectivity index (χ4v) is 1.40. The smallest absolute Gasteiger partial charge is 0.328 e. The van der Waals surface area contributed by atoms with Crippen molar-refractivity contribution < 1.29 is 14.7 Å². The molecule has 0 aliphatic heterocycles. The van der Waals surface area contributed by atoms with Crippen LogP contribution in [-0.2, 0) is 4.79 Å². The van der Waals surface area contributed by atoms with Crippen LogP contribution < -0.4 is 10.9 Å². The number of amides is 1. The summed E-state index contributed by atoms with van der Waals surface area (Å²) in [6, 6.07) is 5.60. The van der Waals surface area contributed by atoms with Crippen LogP contribution in [0.1, 0.15) is 16.1 Å². The number of carboxylic acid groups (broad SMARTS) is 1. The molecule has 0 bridgehead atoms. The lowest BCUT2D eigenvalue weighted by molar-refractivity contribution is -0.131. The molecule has 0 radical (unpaired) electrons. The summed E-state index contributed by atoms with van der Waals surface area (Å²) in [6.07, 6.45) is 3.70. The minimum Gasteiger partial charge on any atom is -0.478 e. The number of nitrogens with one attached hydrogen (secondary N) is 2. The topological polar surface area (TPSA) is 125 Å². The summed E-state index contributed by atoms with van der Waals surface area (Å²) in [7, 11) is 0. The monoisotopic (exact) mass is 286 g/mol. The average molecular weight is 286 g/mol. The highest BCUT2D eigenvalue weighted by atomic mass is 16.4. The molecule has 3 N–H and O–H groups in total. The molecule has 0 atom stereocenters. The van der Waals surface area contributed by atoms with Crippen LogP contribution in [0.2, 0.25) is 0 Å². The van der Waals surface area contributed by atoms with Gasteiger partial charge in [-0.15, -0.1) is 0 Å². The summed E-state index contributed by atoms with van der Waals surface area (Å²) < 4.78 is 0. The van der Waals surface area contributed by atoms with Gasteiger partial charge in [-0.3, -0.25) is 14.6 Å². The van der Waals surface area contributed by atoms with Gasteiger partial charge in [-0.1, -0.05) is 6.07 Å². The normalized spacial score (nSPS) is 10.5. The van der Waals surface area contributed by atoms with Gasteiger partial charge in [0.2, 0.25) is 0 Å². The highest BCUT2D eigenvalue weighted by Crippen LogP contribution is 2.05. The number of hydrogen-bond donors (Lipinski definition) is 3. The number of hydrogen-bond acceptors (Lipinski definition) is 5. The Labute approximate surface area is 118 Å². The van der Waals surface area contributed by atoms with Crippen molar-refractivity contribution in [1.29, 1.82) is 0 Å². The third-order valence-electron chi connectivity index (χ3n) is 2.36.